The van der Waals surface area contributed by atoms with Crippen molar-refractivity contribution < 1.29 is 9.84 Å². The van der Waals surface area contributed by atoms with Crippen LogP contribution in [0.4, 0.5) is 11.6 Å². The number of phenolic OH excluding ortho intramolecular Hbond substituents is 1. The van der Waals surface area contributed by atoms with Gasteiger partial charge in [-0.25, -0.2) is 9.97 Å². The molecule has 0 aliphatic carbocycles. The van der Waals surface area contributed by atoms with Gasteiger partial charge in [-0.05, 0) is 11.6 Å². The Hall–Kier alpha value is -3.44. The number of nitrogens with zero attached hydrogens (tertiary/aromatic N) is 4. The Morgan fingerprint density at radius 1 is 1.29 bits per heavy atom. The van der Waals surface area contributed by atoms with Gasteiger partial charge in [0.05, 0.1) is 24.7 Å². The van der Waals surface area contributed by atoms with Gasteiger partial charge in [0, 0.05) is 18.7 Å². The van der Waals surface area contributed by atoms with Crippen LogP contribution in [0, 0.1) is 11.3 Å². The summed E-state index contributed by atoms with van der Waals surface area (Å²) in [4.78, 5) is 8.00. The van der Waals surface area contributed by atoms with Gasteiger partial charge in [-0.2, -0.15) is 10.4 Å². The standard InChI is InChI=1S/C16H14N6O2/c1-24-9-10-3-2-4-13(23)16(10)12-5-14(22-21-12)20-15-8-18-11(6-17)7-19-15/h2-5,7-8,23H,9H2,1H3,(H2,19,20,21,22). The predicted molar refractivity (Wildman–Crippen MR) is 86.4 cm³/mol. The third-order valence-electron chi connectivity index (χ3n) is 3.30. The molecule has 3 rings (SSSR count). The monoisotopic (exact) mass is 322 g/mol. The van der Waals surface area contributed by atoms with E-state index in [4.69, 9.17) is 10.00 Å². The number of aromatic amines is 1. The summed E-state index contributed by atoms with van der Waals surface area (Å²) >= 11 is 0. The summed E-state index contributed by atoms with van der Waals surface area (Å²) < 4.78 is 5.16. The molecule has 1 aromatic carbocycles. The molecule has 0 saturated heterocycles. The highest BCUT2D eigenvalue weighted by Crippen LogP contribution is 2.33. The molecular weight excluding hydrogens is 308 g/mol. The van der Waals surface area contributed by atoms with E-state index in [2.05, 4.69) is 25.5 Å². The second-order valence-electron chi connectivity index (χ2n) is 4.93. The fourth-order valence-electron chi connectivity index (χ4n) is 2.27. The van der Waals surface area contributed by atoms with Crippen molar-refractivity contribution in [3.63, 3.8) is 0 Å². The van der Waals surface area contributed by atoms with Crippen molar-refractivity contribution in [1.82, 2.24) is 20.2 Å². The van der Waals surface area contributed by atoms with Crippen LogP contribution in [0.15, 0.2) is 36.7 Å². The van der Waals surface area contributed by atoms with Crippen LogP contribution in [0.5, 0.6) is 5.75 Å². The summed E-state index contributed by atoms with van der Waals surface area (Å²) in [5.74, 6) is 1.11. The van der Waals surface area contributed by atoms with Crippen molar-refractivity contribution in [2.24, 2.45) is 0 Å². The fourth-order valence-corrected chi connectivity index (χ4v) is 2.27. The SMILES string of the molecule is COCc1cccc(O)c1-c1cc(Nc2cnc(C#N)cn2)n[nH]1. The first-order valence-corrected chi connectivity index (χ1v) is 7.06. The van der Waals surface area contributed by atoms with Crippen molar-refractivity contribution in [2.45, 2.75) is 6.61 Å². The number of methoxy groups -OCH3 is 1. The van der Waals surface area contributed by atoms with Crippen LogP contribution in [-0.2, 0) is 11.3 Å². The van der Waals surface area contributed by atoms with Crippen molar-refractivity contribution in [3.8, 4) is 23.1 Å². The number of aromatic nitrogens is 4. The van der Waals surface area contributed by atoms with Crippen LogP contribution < -0.4 is 5.32 Å². The van der Waals surface area contributed by atoms with Gasteiger partial charge in [-0.1, -0.05) is 12.1 Å². The van der Waals surface area contributed by atoms with E-state index in [1.807, 2.05) is 12.1 Å². The van der Waals surface area contributed by atoms with E-state index in [1.54, 1.807) is 25.3 Å². The van der Waals surface area contributed by atoms with Gasteiger partial charge in [0.15, 0.2) is 11.5 Å². The molecule has 0 aliphatic rings. The minimum atomic E-state index is 0.137. The molecule has 0 aliphatic heterocycles. The van der Waals surface area contributed by atoms with Crippen LogP contribution in [0.1, 0.15) is 11.3 Å². The normalized spacial score (nSPS) is 10.3. The Morgan fingerprint density at radius 2 is 2.17 bits per heavy atom. The van der Waals surface area contributed by atoms with E-state index in [-0.39, 0.29) is 11.4 Å². The molecule has 0 fully saturated rings. The zero-order valence-corrected chi connectivity index (χ0v) is 12.8. The molecule has 3 N–H and O–H groups in total. The second-order valence-corrected chi connectivity index (χ2v) is 4.93. The minimum absolute atomic E-state index is 0.137. The zero-order valence-electron chi connectivity index (χ0n) is 12.8. The number of H-pyrrole nitrogens is 1. The molecule has 120 valence electrons. The number of nitriles is 1. The van der Waals surface area contributed by atoms with E-state index < -0.39 is 0 Å². The molecule has 24 heavy (non-hydrogen) atoms. The van der Waals surface area contributed by atoms with E-state index in [0.717, 1.165) is 5.56 Å². The van der Waals surface area contributed by atoms with E-state index in [9.17, 15) is 5.11 Å². The van der Waals surface area contributed by atoms with E-state index in [0.29, 0.717) is 29.5 Å². The molecular formula is C16H14N6O2. The lowest BCUT2D eigenvalue weighted by Gasteiger charge is -2.08. The Labute approximate surface area is 137 Å². The molecule has 2 heterocycles. The molecule has 8 nitrogen and oxygen atoms in total. The van der Waals surface area contributed by atoms with Crippen LogP contribution in [0.3, 0.4) is 0 Å². The van der Waals surface area contributed by atoms with Crippen LogP contribution in [0.25, 0.3) is 11.3 Å². The molecule has 0 saturated carbocycles. The number of nitrogens with one attached hydrogen (secondary N) is 2. The van der Waals surface area contributed by atoms with E-state index in [1.165, 1.54) is 12.4 Å². The number of rotatable bonds is 5. The summed E-state index contributed by atoms with van der Waals surface area (Å²) in [6.07, 6.45) is 2.82. The van der Waals surface area contributed by atoms with Crippen LogP contribution in [0.2, 0.25) is 0 Å². The van der Waals surface area contributed by atoms with Crippen LogP contribution in [-0.4, -0.2) is 32.4 Å². The number of anilines is 2. The Kier molecular flexibility index (Phi) is 4.36. The molecule has 0 radical (unpaired) electrons. The molecule has 8 heteroatoms. The van der Waals surface area contributed by atoms with Gasteiger partial charge in [0.2, 0.25) is 0 Å². The Bertz CT molecular complexity index is 882. The van der Waals surface area contributed by atoms with Crippen molar-refractivity contribution in [3.05, 3.63) is 47.9 Å². The van der Waals surface area contributed by atoms with Crippen molar-refractivity contribution in [1.29, 1.82) is 5.26 Å². The predicted octanol–water partition coefficient (Wildman–Crippen LogP) is 2.33. The third-order valence-corrected chi connectivity index (χ3v) is 3.30. The topological polar surface area (TPSA) is 120 Å². The zero-order chi connectivity index (χ0) is 16.9. The summed E-state index contributed by atoms with van der Waals surface area (Å²) in [5.41, 5.74) is 2.35. The molecule has 0 bridgehead atoms. The summed E-state index contributed by atoms with van der Waals surface area (Å²) in [6, 6.07) is 8.89. The lowest BCUT2D eigenvalue weighted by Crippen LogP contribution is -1.95. The van der Waals surface area contributed by atoms with Crippen molar-refractivity contribution in [2.75, 3.05) is 12.4 Å². The minimum Gasteiger partial charge on any atom is -0.507 e. The number of phenols is 1. The highest BCUT2D eigenvalue weighted by Gasteiger charge is 2.13. The van der Waals surface area contributed by atoms with Crippen LogP contribution >= 0.6 is 0 Å². The van der Waals surface area contributed by atoms with Gasteiger partial charge in [0.1, 0.15) is 17.6 Å². The molecule has 2 aromatic heterocycles. The summed E-state index contributed by atoms with van der Waals surface area (Å²) in [7, 11) is 1.59. The number of hydrogen-bond donors (Lipinski definition) is 3. The molecule has 0 amide bonds. The smallest absolute Gasteiger partial charge is 0.158 e. The fraction of sp³-hybridized carbons (Fsp3) is 0.125. The van der Waals surface area contributed by atoms with Crippen molar-refractivity contribution >= 4 is 11.6 Å². The number of ether oxygens (including phenoxy) is 1. The Morgan fingerprint density at radius 3 is 2.88 bits per heavy atom. The number of hydrogen-bond acceptors (Lipinski definition) is 7. The van der Waals surface area contributed by atoms with Gasteiger partial charge in [-0.15, -0.1) is 0 Å². The Balaban J connectivity index is 1.87. The molecule has 0 atom stereocenters. The van der Waals surface area contributed by atoms with E-state index >= 15 is 0 Å². The largest absolute Gasteiger partial charge is 0.507 e. The van der Waals surface area contributed by atoms with Gasteiger partial charge >= 0.3 is 0 Å². The second kappa shape index (κ2) is 6.76. The molecule has 0 unspecified atom stereocenters. The highest BCUT2D eigenvalue weighted by molar-refractivity contribution is 5.73. The lowest BCUT2D eigenvalue weighted by molar-refractivity contribution is 0.185. The average Bonchev–Trinajstić information content (AvgIpc) is 3.04. The molecule has 3 aromatic rings. The maximum Gasteiger partial charge on any atom is 0.158 e. The maximum atomic E-state index is 10.2. The molecule has 0 spiro atoms. The quantitative estimate of drug-likeness (QED) is 0.659. The number of aromatic hydroxyl groups is 1. The van der Waals surface area contributed by atoms with Gasteiger partial charge < -0.3 is 15.2 Å². The summed E-state index contributed by atoms with van der Waals surface area (Å²) in [6.45, 7) is 0.368. The summed E-state index contributed by atoms with van der Waals surface area (Å²) in [5, 5.41) is 28.9. The third kappa shape index (κ3) is 3.16. The first kappa shape index (κ1) is 15.5. The highest BCUT2D eigenvalue weighted by atomic mass is 16.5. The first-order chi connectivity index (χ1) is 11.7. The number of benzene rings is 1. The van der Waals surface area contributed by atoms with Gasteiger partial charge in [0.25, 0.3) is 0 Å². The average molecular weight is 322 g/mol. The first-order valence-electron chi connectivity index (χ1n) is 7.06. The maximum absolute atomic E-state index is 10.2. The van der Waals surface area contributed by atoms with Gasteiger partial charge in [-0.3, -0.25) is 5.10 Å². The lowest BCUT2D eigenvalue weighted by atomic mass is 10.0.